The Labute approximate surface area is 112 Å². The fourth-order valence-electron chi connectivity index (χ4n) is 1.56. The quantitative estimate of drug-likeness (QED) is 0.727. The van der Waals surface area contributed by atoms with E-state index >= 15 is 0 Å². The van der Waals surface area contributed by atoms with Gasteiger partial charge in [0.15, 0.2) is 0 Å². The third kappa shape index (κ3) is 4.70. The zero-order valence-corrected chi connectivity index (χ0v) is 12.0. The highest BCUT2D eigenvalue weighted by Crippen LogP contribution is 2.10. The summed E-state index contributed by atoms with van der Waals surface area (Å²) in [5, 5.41) is 6.95. The lowest BCUT2D eigenvalue weighted by Crippen LogP contribution is -2.39. The smallest absolute Gasteiger partial charge is 0.241 e. The van der Waals surface area contributed by atoms with Crippen LogP contribution in [0.15, 0.2) is 12.4 Å². The molecule has 2 unspecified atom stereocenters. The van der Waals surface area contributed by atoms with Crippen LogP contribution in [0, 0.1) is 0 Å². The van der Waals surface area contributed by atoms with Gasteiger partial charge in [0, 0.05) is 24.8 Å². The number of carbonyl (C=O) groups is 1. The second-order valence-electron chi connectivity index (χ2n) is 4.32. The number of thioether (sulfide) groups is 1. The number of hydrogen-bond acceptors (Lipinski definition) is 4. The Morgan fingerprint density at radius 2 is 2.39 bits per heavy atom. The Kier molecular flexibility index (Phi) is 6.21. The summed E-state index contributed by atoms with van der Waals surface area (Å²) in [4.78, 5) is 11.9. The van der Waals surface area contributed by atoms with Crippen molar-refractivity contribution in [2.24, 2.45) is 12.8 Å². The average Bonchev–Trinajstić information content (AvgIpc) is 2.75. The molecule has 3 N–H and O–H groups in total. The van der Waals surface area contributed by atoms with Crippen molar-refractivity contribution in [1.29, 1.82) is 0 Å². The van der Waals surface area contributed by atoms with Gasteiger partial charge in [-0.2, -0.15) is 16.9 Å². The summed E-state index contributed by atoms with van der Waals surface area (Å²) in [7, 11) is 1.80. The van der Waals surface area contributed by atoms with Crippen LogP contribution in [0.2, 0.25) is 0 Å². The fourth-order valence-corrected chi connectivity index (χ4v) is 2.37. The van der Waals surface area contributed by atoms with Gasteiger partial charge in [0.1, 0.15) is 6.04 Å². The first-order valence-electron chi connectivity index (χ1n) is 6.16. The minimum Gasteiger partial charge on any atom is -0.352 e. The van der Waals surface area contributed by atoms with Crippen molar-refractivity contribution in [2.45, 2.75) is 32.4 Å². The zero-order valence-electron chi connectivity index (χ0n) is 11.2. The monoisotopic (exact) mass is 270 g/mol. The minimum atomic E-state index is -0.639. The number of nitrogens with one attached hydrogen (secondary N) is 1. The first kappa shape index (κ1) is 15.0. The Morgan fingerprint density at radius 3 is 2.94 bits per heavy atom. The average molecular weight is 270 g/mol. The summed E-state index contributed by atoms with van der Waals surface area (Å²) in [6.07, 6.45) is 4.35. The van der Waals surface area contributed by atoms with E-state index in [0.29, 0.717) is 0 Å². The van der Waals surface area contributed by atoms with E-state index in [1.807, 2.05) is 18.7 Å². The molecule has 0 aliphatic rings. The van der Waals surface area contributed by atoms with Gasteiger partial charge in [-0.15, -0.1) is 0 Å². The number of carbonyl (C=O) groups excluding carboxylic acids is 1. The fraction of sp³-hybridized carbons (Fsp3) is 0.667. The highest BCUT2D eigenvalue weighted by molar-refractivity contribution is 7.99. The lowest BCUT2D eigenvalue weighted by Gasteiger charge is -2.16. The molecule has 1 aromatic heterocycles. The van der Waals surface area contributed by atoms with Crippen LogP contribution in [0.25, 0.3) is 0 Å². The molecule has 1 heterocycles. The highest BCUT2D eigenvalue weighted by atomic mass is 32.2. The zero-order chi connectivity index (χ0) is 13.5. The molecule has 1 amide bonds. The van der Waals surface area contributed by atoms with Gasteiger partial charge in [-0.25, -0.2) is 0 Å². The van der Waals surface area contributed by atoms with E-state index in [4.69, 9.17) is 5.73 Å². The third-order valence-electron chi connectivity index (χ3n) is 2.65. The summed E-state index contributed by atoms with van der Waals surface area (Å²) < 4.78 is 1.64. The number of rotatable bonds is 7. The van der Waals surface area contributed by atoms with Crippen LogP contribution in [-0.4, -0.2) is 33.2 Å². The van der Waals surface area contributed by atoms with Crippen LogP contribution in [0.5, 0.6) is 0 Å². The molecule has 0 radical (unpaired) electrons. The van der Waals surface area contributed by atoms with E-state index in [-0.39, 0.29) is 11.9 Å². The predicted molar refractivity (Wildman–Crippen MR) is 75.4 cm³/mol. The van der Waals surface area contributed by atoms with E-state index in [1.165, 1.54) is 0 Å². The van der Waals surface area contributed by atoms with E-state index in [1.54, 1.807) is 24.1 Å². The largest absolute Gasteiger partial charge is 0.352 e. The second-order valence-corrected chi connectivity index (χ2v) is 5.71. The number of nitrogens with zero attached hydrogens (tertiary/aromatic N) is 2. The molecule has 1 aromatic rings. The predicted octanol–water partition coefficient (Wildman–Crippen LogP) is 1.07. The molecular weight excluding hydrogens is 248 g/mol. The van der Waals surface area contributed by atoms with Crippen LogP contribution in [0.4, 0.5) is 0 Å². The number of aryl methyl sites for hydroxylation is 1. The number of aromatic nitrogens is 2. The molecule has 0 saturated heterocycles. The summed E-state index contributed by atoms with van der Waals surface area (Å²) in [6.45, 7) is 4.14. The molecule has 6 heteroatoms. The second kappa shape index (κ2) is 7.43. The van der Waals surface area contributed by atoms with Gasteiger partial charge in [-0.05, 0) is 24.9 Å². The molecule has 0 saturated carbocycles. The van der Waals surface area contributed by atoms with Crippen molar-refractivity contribution in [2.75, 3.05) is 11.5 Å². The van der Waals surface area contributed by atoms with E-state index in [0.717, 1.165) is 23.5 Å². The van der Waals surface area contributed by atoms with Gasteiger partial charge in [0.05, 0.1) is 6.20 Å². The maximum Gasteiger partial charge on any atom is 0.241 e. The molecule has 0 spiro atoms. The first-order valence-corrected chi connectivity index (χ1v) is 7.32. The topological polar surface area (TPSA) is 72.9 Å². The SMILES string of the molecule is CCSCCC(C)NC(=O)C(N)c1cnn(C)c1. The summed E-state index contributed by atoms with van der Waals surface area (Å²) in [5.41, 5.74) is 6.63. The molecule has 2 atom stereocenters. The van der Waals surface area contributed by atoms with Crippen molar-refractivity contribution in [3.05, 3.63) is 18.0 Å². The normalized spacial score (nSPS) is 14.2. The molecule has 1 rings (SSSR count). The molecule has 0 aromatic carbocycles. The lowest BCUT2D eigenvalue weighted by molar-refractivity contribution is -0.123. The van der Waals surface area contributed by atoms with Crippen LogP contribution in [0.1, 0.15) is 31.9 Å². The van der Waals surface area contributed by atoms with Gasteiger partial charge in [0.2, 0.25) is 5.91 Å². The maximum atomic E-state index is 11.9. The van der Waals surface area contributed by atoms with Crippen LogP contribution in [0.3, 0.4) is 0 Å². The van der Waals surface area contributed by atoms with Gasteiger partial charge < -0.3 is 11.1 Å². The standard InChI is InChI=1S/C12H22N4OS/c1-4-18-6-5-9(2)15-12(17)11(13)10-7-14-16(3)8-10/h7-9,11H,4-6,13H2,1-3H3,(H,15,17). The van der Waals surface area contributed by atoms with Gasteiger partial charge >= 0.3 is 0 Å². The molecular formula is C12H22N4OS. The van der Waals surface area contributed by atoms with Crippen molar-refractivity contribution in [3.63, 3.8) is 0 Å². The number of nitrogens with two attached hydrogens (primary N) is 1. The molecule has 0 bridgehead atoms. The van der Waals surface area contributed by atoms with E-state index < -0.39 is 6.04 Å². The minimum absolute atomic E-state index is 0.142. The Hall–Kier alpha value is -1.01. The van der Waals surface area contributed by atoms with Gasteiger partial charge in [-0.1, -0.05) is 6.92 Å². The number of hydrogen-bond donors (Lipinski definition) is 2. The molecule has 0 aliphatic carbocycles. The van der Waals surface area contributed by atoms with Gasteiger partial charge in [-0.3, -0.25) is 9.48 Å². The highest BCUT2D eigenvalue weighted by Gasteiger charge is 2.18. The molecule has 0 aliphatic heterocycles. The van der Waals surface area contributed by atoms with Crippen LogP contribution in [-0.2, 0) is 11.8 Å². The lowest BCUT2D eigenvalue weighted by atomic mass is 10.1. The molecule has 102 valence electrons. The summed E-state index contributed by atoms with van der Waals surface area (Å²) >= 11 is 1.88. The molecule has 0 fully saturated rings. The Bertz CT molecular complexity index is 380. The first-order chi connectivity index (χ1) is 8.54. The van der Waals surface area contributed by atoms with Crippen molar-refractivity contribution in [1.82, 2.24) is 15.1 Å². The van der Waals surface area contributed by atoms with Crippen molar-refractivity contribution in [3.8, 4) is 0 Å². The Morgan fingerprint density at radius 1 is 1.67 bits per heavy atom. The van der Waals surface area contributed by atoms with Gasteiger partial charge in [0.25, 0.3) is 0 Å². The van der Waals surface area contributed by atoms with E-state index in [2.05, 4.69) is 17.3 Å². The van der Waals surface area contributed by atoms with Crippen LogP contribution >= 0.6 is 11.8 Å². The Balaban J connectivity index is 2.40. The summed E-state index contributed by atoms with van der Waals surface area (Å²) in [6, 6.07) is -0.487. The van der Waals surface area contributed by atoms with E-state index in [9.17, 15) is 4.79 Å². The summed E-state index contributed by atoms with van der Waals surface area (Å²) in [5.74, 6) is 2.02. The third-order valence-corrected chi connectivity index (χ3v) is 3.59. The van der Waals surface area contributed by atoms with Crippen LogP contribution < -0.4 is 11.1 Å². The van der Waals surface area contributed by atoms with Crippen molar-refractivity contribution >= 4 is 17.7 Å². The van der Waals surface area contributed by atoms with Crippen molar-refractivity contribution < 1.29 is 4.79 Å². The molecule has 18 heavy (non-hydrogen) atoms. The maximum absolute atomic E-state index is 11.9. The molecule has 5 nitrogen and oxygen atoms in total. The number of amides is 1.